The molecule has 3 rings (SSSR count). The Bertz CT molecular complexity index is 1310. The highest BCUT2D eigenvalue weighted by Crippen LogP contribution is 2.24. The first-order chi connectivity index (χ1) is 16.7. The summed E-state index contributed by atoms with van der Waals surface area (Å²) in [6.45, 7) is 5.83. The lowest BCUT2D eigenvalue weighted by Crippen LogP contribution is -2.24. The maximum absolute atomic E-state index is 13.2. The summed E-state index contributed by atoms with van der Waals surface area (Å²) in [6.07, 6.45) is 2.38. The van der Waals surface area contributed by atoms with Crippen LogP contribution in [0.5, 0.6) is 0 Å². The normalized spacial score (nSPS) is 11.1. The molecule has 0 unspecified atom stereocenters. The topological polar surface area (TPSA) is 137 Å². The number of carbonyl (C=O) groups is 3. The molecule has 0 saturated heterocycles. The number of nitrogens with zero attached hydrogens (tertiary/aromatic N) is 2. The third kappa shape index (κ3) is 6.19. The Morgan fingerprint density at radius 1 is 1.14 bits per heavy atom. The van der Waals surface area contributed by atoms with Crippen molar-refractivity contribution in [2.45, 2.75) is 58.2 Å². The SMILES string of the molecule is CCOC(=O)c1[nH]c(C)c(C(=O)CSc2nc3ccccc3c(=O)n2CCCCCC(N)=O)c1C. The molecule has 186 valence electrons. The van der Waals surface area contributed by atoms with Crippen molar-refractivity contribution in [2.75, 3.05) is 12.4 Å². The van der Waals surface area contributed by atoms with Gasteiger partial charge in [-0.2, -0.15) is 0 Å². The Balaban J connectivity index is 1.83. The van der Waals surface area contributed by atoms with Crippen molar-refractivity contribution in [2.24, 2.45) is 5.73 Å². The standard InChI is InChI=1S/C25H30N4O5S/c1-4-34-24(33)22-15(2)21(16(3)27-22)19(30)14-35-25-28-18-11-8-7-10-17(18)23(32)29(25)13-9-5-6-12-20(26)31/h7-8,10-11,27H,4-6,9,12-14H2,1-3H3,(H2,26,31). The molecule has 2 heterocycles. The summed E-state index contributed by atoms with van der Waals surface area (Å²) in [4.78, 5) is 57.1. The maximum atomic E-state index is 13.2. The summed E-state index contributed by atoms with van der Waals surface area (Å²) < 4.78 is 6.65. The summed E-state index contributed by atoms with van der Waals surface area (Å²) in [6, 6.07) is 7.10. The van der Waals surface area contributed by atoms with Crippen LogP contribution in [0.3, 0.4) is 0 Å². The number of unbranched alkanes of at least 4 members (excludes halogenated alkanes) is 2. The number of carbonyl (C=O) groups excluding carboxylic acids is 3. The Kier molecular flexibility index (Phi) is 8.86. The molecule has 0 aliphatic heterocycles. The summed E-state index contributed by atoms with van der Waals surface area (Å²) in [5.41, 5.74) is 7.45. The van der Waals surface area contributed by atoms with Gasteiger partial charge in [-0.15, -0.1) is 0 Å². The maximum Gasteiger partial charge on any atom is 0.355 e. The van der Waals surface area contributed by atoms with E-state index in [1.54, 1.807) is 43.5 Å². The second kappa shape index (κ2) is 11.8. The van der Waals surface area contributed by atoms with E-state index in [9.17, 15) is 19.2 Å². The zero-order chi connectivity index (χ0) is 25.5. The molecule has 0 atom stereocenters. The van der Waals surface area contributed by atoms with Crippen molar-refractivity contribution in [3.63, 3.8) is 0 Å². The number of aryl methyl sites for hydroxylation is 1. The Labute approximate surface area is 207 Å². The molecule has 10 heteroatoms. The zero-order valence-corrected chi connectivity index (χ0v) is 21.0. The molecule has 3 N–H and O–H groups in total. The number of thioether (sulfide) groups is 1. The number of primary amides is 1. The van der Waals surface area contributed by atoms with Gasteiger partial charge in [0.25, 0.3) is 5.56 Å². The molecule has 1 aromatic carbocycles. The minimum absolute atomic E-state index is 0.0499. The van der Waals surface area contributed by atoms with E-state index in [0.29, 0.717) is 58.7 Å². The van der Waals surface area contributed by atoms with Crippen LogP contribution in [0.2, 0.25) is 0 Å². The number of aromatic amines is 1. The van der Waals surface area contributed by atoms with Crippen molar-refractivity contribution >= 4 is 40.3 Å². The fourth-order valence-corrected chi connectivity index (χ4v) is 4.88. The van der Waals surface area contributed by atoms with Gasteiger partial charge in [0.2, 0.25) is 5.91 Å². The highest BCUT2D eigenvalue weighted by Gasteiger charge is 2.23. The van der Waals surface area contributed by atoms with E-state index in [-0.39, 0.29) is 35.3 Å². The summed E-state index contributed by atoms with van der Waals surface area (Å²) >= 11 is 1.19. The highest BCUT2D eigenvalue weighted by atomic mass is 32.2. The highest BCUT2D eigenvalue weighted by molar-refractivity contribution is 7.99. The number of Topliss-reactive ketones (excluding diaryl/α,β-unsaturated/α-hetero) is 1. The molecule has 0 bridgehead atoms. The zero-order valence-electron chi connectivity index (χ0n) is 20.2. The van der Waals surface area contributed by atoms with Crippen LogP contribution in [-0.4, -0.2) is 44.6 Å². The number of hydrogen-bond acceptors (Lipinski definition) is 7. The van der Waals surface area contributed by atoms with Crippen LogP contribution in [0.1, 0.15) is 64.7 Å². The number of nitrogens with one attached hydrogen (secondary N) is 1. The number of amides is 1. The summed E-state index contributed by atoms with van der Waals surface area (Å²) in [7, 11) is 0. The number of nitrogens with two attached hydrogens (primary N) is 1. The van der Waals surface area contributed by atoms with Gasteiger partial charge in [-0.3, -0.25) is 19.0 Å². The molecule has 3 aromatic rings. The van der Waals surface area contributed by atoms with E-state index < -0.39 is 5.97 Å². The van der Waals surface area contributed by atoms with Gasteiger partial charge in [0.15, 0.2) is 10.9 Å². The first kappa shape index (κ1) is 26.2. The largest absolute Gasteiger partial charge is 0.461 e. The van der Waals surface area contributed by atoms with Crippen molar-refractivity contribution in [3.05, 3.63) is 57.1 Å². The number of hydrogen-bond donors (Lipinski definition) is 2. The van der Waals surface area contributed by atoms with Crippen molar-refractivity contribution in [3.8, 4) is 0 Å². The molecule has 0 spiro atoms. The van der Waals surface area contributed by atoms with Crippen LogP contribution in [0.15, 0.2) is 34.2 Å². The quantitative estimate of drug-likeness (QED) is 0.128. The number of ether oxygens (including phenoxy) is 1. The molecule has 9 nitrogen and oxygen atoms in total. The number of para-hydroxylation sites is 1. The number of aromatic nitrogens is 3. The van der Waals surface area contributed by atoms with E-state index >= 15 is 0 Å². The van der Waals surface area contributed by atoms with Gasteiger partial charge in [-0.1, -0.05) is 30.3 Å². The lowest BCUT2D eigenvalue weighted by molar-refractivity contribution is -0.118. The lowest BCUT2D eigenvalue weighted by Gasteiger charge is -2.13. The molecule has 0 aliphatic carbocycles. The van der Waals surface area contributed by atoms with Gasteiger partial charge in [-0.25, -0.2) is 9.78 Å². The number of H-pyrrole nitrogens is 1. The van der Waals surface area contributed by atoms with Gasteiger partial charge < -0.3 is 15.5 Å². The molecule has 0 aliphatic rings. The minimum atomic E-state index is -0.499. The van der Waals surface area contributed by atoms with Gasteiger partial charge in [0.1, 0.15) is 5.69 Å². The predicted octanol–water partition coefficient (Wildman–Crippen LogP) is 3.54. The van der Waals surface area contributed by atoms with E-state index in [1.165, 1.54) is 11.8 Å². The van der Waals surface area contributed by atoms with Crippen molar-refractivity contribution < 1.29 is 19.1 Å². The summed E-state index contributed by atoms with van der Waals surface area (Å²) in [5, 5.41) is 0.963. The van der Waals surface area contributed by atoms with Crippen molar-refractivity contribution in [1.29, 1.82) is 0 Å². The van der Waals surface area contributed by atoms with E-state index in [1.807, 2.05) is 6.07 Å². The van der Waals surface area contributed by atoms with Crippen LogP contribution >= 0.6 is 11.8 Å². The van der Waals surface area contributed by atoms with Gasteiger partial charge in [0.05, 0.1) is 23.3 Å². The third-order valence-electron chi connectivity index (χ3n) is 5.66. The second-order valence-electron chi connectivity index (χ2n) is 8.20. The minimum Gasteiger partial charge on any atom is -0.461 e. The van der Waals surface area contributed by atoms with Crippen LogP contribution in [0.25, 0.3) is 10.9 Å². The van der Waals surface area contributed by atoms with Gasteiger partial charge in [0, 0.05) is 24.2 Å². The molecule has 0 radical (unpaired) electrons. The first-order valence-electron chi connectivity index (χ1n) is 11.5. The molecule has 0 saturated carbocycles. The van der Waals surface area contributed by atoms with Crippen LogP contribution in [0.4, 0.5) is 0 Å². The summed E-state index contributed by atoms with van der Waals surface area (Å²) in [5.74, 6) is -0.965. The Morgan fingerprint density at radius 2 is 1.89 bits per heavy atom. The number of ketones is 1. The lowest BCUT2D eigenvalue weighted by atomic mass is 10.1. The molecule has 0 fully saturated rings. The molecular weight excluding hydrogens is 468 g/mol. The van der Waals surface area contributed by atoms with Gasteiger partial charge >= 0.3 is 5.97 Å². The smallest absolute Gasteiger partial charge is 0.355 e. The molecule has 2 aromatic heterocycles. The monoisotopic (exact) mass is 498 g/mol. The molecular formula is C25H30N4O5S. The van der Waals surface area contributed by atoms with E-state index in [0.717, 1.165) is 6.42 Å². The van der Waals surface area contributed by atoms with Crippen LogP contribution < -0.4 is 11.3 Å². The number of fused-ring (bicyclic) bond motifs is 1. The second-order valence-corrected chi connectivity index (χ2v) is 9.15. The predicted molar refractivity (Wildman–Crippen MR) is 135 cm³/mol. The fraction of sp³-hybridized carbons (Fsp3) is 0.400. The van der Waals surface area contributed by atoms with Gasteiger partial charge in [-0.05, 0) is 51.3 Å². The number of rotatable bonds is 12. The Hall–Kier alpha value is -3.40. The molecule has 1 amide bonds. The fourth-order valence-electron chi connectivity index (χ4n) is 3.98. The van der Waals surface area contributed by atoms with Crippen LogP contribution in [0, 0.1) is 13.8 Å². The van der Waals surface area contributed by atoms with E-state index in [2.05, 4.69) is 9.97 Å². The first-order valence-corrected chi connectivity index (χ1v) is 12.5. The molecule has 35 heavy (non-hydrogen) atoms. The number of esters is 1. The van der Waals surface area contributed by atoms with E-state index in [4.69, 9.17) is 10.5 Å². The van der Waals surface area contributed by atoms with Crippen LogP contribution in [-0.2, 0) is 16.1 Å². The average Bonchev–Trinajstić information content (AvgIpc) is 3.12. The third-order valence-corrected chi connectivity index (χ3v) is 6.64. The number of benzene rings is 1. The van der Waals surface area contributed by atoms with Crippen molar-refractivity contribution in [1.82, 2.24) is 14.5 Å². The average molecular weight is 499 g/mol. The Morgan fingerprint density at radius 3 is 2.60 bits per heavy atom.